The highest BCUT2D eigenvalue weighted by molar-refractivity contribution is 7.10. The Morgan fingerprint density at radius 2 is 2.06 bits per heavy atom. The molecule has 0 saturated heterocycles. The maximum absolute atomic E-state index is 13.8. The molecular weight excluding hydrogens is 465 g/mol. The van der Waals surface area contributed by atoms with Crippen LogP contribution in [0.2, 0.25) is 0 Å². The van der Waals surface area contributed by atoms with Gasteiger partial charge in [0.15, 0.2) is 11.9 Å². The van der Waals surface area contributed by atoms with Gasteiger partial charge in [0.1, 0.15) is 11.4 Å². The molecular formula is C23H21F3N6OS. The zero-order chi connectivity index (χ0) is 23.9. The Labute approximate surface area is 197 Å². The number of nitrogens with zero attached hydrogens (tertiary/aromatic N) is 4. The van der Waals surface area contributed by atoms with Gasteiger partial charge in [-0.15, -0.1) is 11.3 Å². The number of hydrogen-bond donors (Lipinski definition) is 2. The van der Waals surface area contributed by atoms with Crippen molar-refractivity contribution in [2.45, 2.75) is 38.1 Å². The summed E-state index contributed by atoms with van der Waals surface area (Å²) in [5.74, 6) is -0.233. The van der Waals surface area contributed by atoms with E-state index in [9.17, 15) is 18.0 Å². The molecule has 11 heteroatoms. The molecule has 1 amide bonds. The standard InChI is InChI=1S/C23H21F3N6OS/c1-14-5-2-3-6-15(14)13-31-9-8-20(30-31)29-22(33)16-12-27-32-19(23(24,25)26)11-17(28-21(16)32)18-7-4-10-34-18/h2-10,12,17,19,28H,11,13H2,1H3,(H,29,30,33). The van der Waals surface area contributed by atoms with Crippen molar-refractivity contribution in [2.24, 2.45) is 0 Å². The van der Waals surface area contributed by atoms with E-state index in [4.69, 9.17) is 0 Å². The summed E-state index contributed by atoms with van der Waals surface area (Å²) in [4.78, 5) is 13.8. The topological polar surface area (TPSA) is 76.8 Å². The molecule has 2 unspecified atom stereocenters. The molecule has 2 atom stereocenters. The van der Waals surface area contributed by atoms with E-state index in [1.54, 1.807) is 29.1 Å². The molecule has 0 aliphatic carbocycles. The van der Waals surface area contributed by atoms with Crippen LogP contribution in [0.25, 0.3) is 0 Å². The van der Waals surface area contributed by atoms with E-state index < -0.39 is 24.2 Å². The second-order valence-electron chi connectivity index (χ2n) is 8.14. The minimum atomic E-state index is -4.50. The lowest BCUT2D eigenvalue weighted by Crippen LogP contribution is -2.36. The van der Waals surface area contributed by atoms with Crippen LogP contribution in [-0.4, -0.2) is 31.6 Å². The van der Waals surface area contributed by atoms with Gasteiger partial charge in [-0.1, -0.05) is 30.3 Å². The summed E-state index contributed by atoms with van der Waals surface area (Å²) in [5.41, 5.74) is 2.25. The normalized spacial score (nSPS) is 17.8. The smallest absolute Gasteiger partial charge is 0.362 e. The van der Waals surface area contributed by atoms with Crippen molar-refractivity contribution >= 4 is 28.9 Å². The Morgan fingerprint density at radius 3 is 2.79 bits per heavy atom. The first-order chi connectivity index (χ1) is 16.3. The largest absolute Gasteiger partial charge is 0.410 e. The van der Waals surface area contributed by atoms with E-state index in [0.29, 0.717) is 12.4 Å². The van der Waals surface area contributed by atoms with Crippen LogP contribution < -0.4 is 10.6 Å². The molecule has 0 saturated carbocycles. The number of rotatable bonds is 5. The molecule has 1 aliphatic rings. The molecule has 34 heavy (non-hydrogen) atoms. The predicted octanol–water partition coefficient (Wildman–Crippen LogP) is 5.41. The van der Waals surface area contributed by atoms with Gasteiger partial charge in [-0.25, -0.2) is 4.68 Å². The summed E-state index contributed by atoms with van der Waals surface area (Å²) in [5, 5.41) is 15.9. The average molecular weight is 487 g/mol. The van der Waals surface area contributed by atoms with Crippen LogP contribution in [0.5, 0.6) is 0 Å². The van der Waals surface area contributed by atoms with Gasteiger partial charge in [0.25, 0.3) is 5.91 Å². The fourth-order valence-corrected chi connectivity index (χ4v) is 4.86. The predicted molar refractivity (Wildman–Crippen MR) is 123 cm³/mol. The number of benzene rings is 1. The Morgan fingerprint density at radius 1 is 1.24 bits per heavy atom. The minimum Gasteiger partial charge on any atom is -0.362 e. The van der Waals surface area contributed by atoms with Crippen molar-refractivity contribution in [3.05, 3.63) is 81.8 Å². The number of aryl methyl sites for hydroxylation is 1. The summed E-state index contributed by atoms with van der Waals surface area (Å²) in [6, 6.07) is 10.7. The van der Waals surface area contributed by atoms with Crippen LogP contribution in [0.3, 0.4) is 0 Å². The summed E-state index contributed by atoms with van der Waals surface area (Å²) >= 11 is 1.37. The lowest BCUT2D eigenvalue weighted by atomic mass is 10.0. The number of hydrogen-bond acceptors (Lipinski definition) is 5. The number of aromatic nitrogens is 4. The molecule has 3 aromatic heterocycles. The van der Waals surface area contributed by atoms with Crippen LogP contribution in [0, 0.1) is 6.92 Å². The van der Waals surface area contributed by atoms with Crippen molar-refractivity contribution < 1.29 is 18.0 Å². The van der Waals surface area contributed by atoms with E-state index >= 15 is 0 Å². The Bertz CT molecular complexity index is 1310. The average Bonchev–Trinajstić information content (AvgIpc) is 3.55. The lowest BCUT2D eigenvalue weighted by Gasteiger charge is -2.33. The molecule has 4 aromatic rings. The van der Waals surface area contributed by atoms with Gasteiger partial charge in [0, 0.05) is 23.6 Å². The molecule has 4 heterocycles. The van der Waals surface area contributed by atoms with Crippen molar-refractivity contribution in [3.8, 4) is 0 Å². The van der Waals surface area contributed by atoms with Gasteiger partial charge in [-0.05, 0) is 29.5 Å². The second-order valence-corrected chi connectivity index (χ2v) is 9.12. The molecule has 7 nitrogen and oxygen atoms in total. The van der Waals surface area contributed by atoms with E-state index in [-0.39, 0.29) is 17.8 Å². The molecule has 0 bridgehead atoms. The van der Waals surface area contributed by atoms with Gasteiger partial charge < -0.3 is 10.6 Å². The van der Waals surface area contributed by atoms with Crippen molar-refractivity contribution in [1.29, 1.82) is 0 Å². The fraction of sp³-hybridized carbons (Fsp3) is 0.261. The van der Waals surface area contributed by atoms with Gasteiger partial charge in [-0.2, -0.15) is 23.4 Å². The van der Waals surface area contributed by atoms with Crippen LogP contribution in [0.15, 0.2) is 60.2 Å². The van der Waals surface area contributed by atoms with E-state index in [0.717, 1.165) is 26.9 Å². The SMILES string of the molecule is Cc1ccccc1Cn1ccc(NC(=O)c2cnn3c2NC(c2cccs2)CC3C(F)(F)F)n1. The number of halogens is 3. The van der Waals surface area contributed by atoms with Crippen LogP contribution in [0.4, 0.5) is 24.8 Å². The first kappa shape index (κ1) is 22.2. The lowest BCUT2D eigenvalue weighted by molar-refractivity contribution is -0.173. The number of anilines is 2. The number of nitrogens with one attached hydrogen (secondary N) is 2. The van der Waals surface area contributed by atoms with E-state index in [2.05, 4.69) is 20.8 Å². The highest BCUT2D eigenvalue weighted by Crippen LogP contribution is 2.45. The molecule has 176 valence electrons. The minimum absolute atomic E-state index is 0.0314. The Hall–Kier alpha value is -3.60. The Balaban J connectivity index is 1.37. The van der Waals surface area contributed by atoms with Crippen molar-refractivity contribution in [2.75, 3.05) is 10.6 Å². The summed E-state index contributed by atoms with van der Waals surface area (Å²) < 4.78 is 44.0. The first-order valence-electron chi connectivity index (χ1n) is 10.6. The Kier molecular flexibility index (Phi) is 5.64. The van der Waals surface area contributed by atoms with Gasteiger partial charge in [0.05, 0.1) is 18.8 Å². The number of amides is 1. The zero-order valence-corrected chi connectivity index (χ0v) is 18.9. The highest BCUT2D eigenvalue weighted by atomic mass is 32.1. The van der Waals surface area contributed by atoms with Gasteiger partial charge >= 0.3 is 6.18 Å². The maximum atomic E-state index is 13.8. The number of thiophene rings is 1. The molecule has 1 aliphatic heterocycles. The molecule has 0 spiro atoms. The van der Waals surface area contributed by atoms with Crippen molar-refractivity contribution in [3.63, 3.8) is 0 Å². The van der Waals surface area contributed by atoms with Crippen LogP contribution in [0.1, 0.15) is 44.9 Å². The molecule has 0 radical (unpaired) electrons. The van der Waals surface area contributed by atoms with Crippen LogP contribution in [-0.2, 0) is 6.54 Å². The summed E-state index contributed by atoms with van der Waals surface area (Å²) in [6.45, 7) is 2.54. The molecule has 0 fully saturated rings. The monoisotopic (exact) mass is 486 g/mol. The summed E-state index contributed by atoms with van der Waals surface area (Å²) in [7, 11) is 0. The maximum Gasteiger partial charge on any atom is 0.410 e. The third-order valence-corrected chi connectivity index (χ3v) is 6.83. The quantitative estimate of drug-likeness (QED) is 0.396. The van der Waals surface area contributed by atoms with Gasteiger partial charge in [-0.3, -0.25) is 9.48 Å². The van der Waals surface area contributed by atoms with Gasteiger partial charge in [0.2, 0.25) is 0 Å². The summed E-state index contributed by atoms with van der Waals surface area (Å²) in [6.07, 6.45) is -1.80. The highest BCUT2D eigenvalue weighted by Gasteiger charge is 2.47. The number of alkyl halides is 3. The third-order valence-electron chi connectivity index (χ3n) is 5.85. The molecule has 5 rings (SSSR count). The number of fused-ring (bicyclic) bond motifs is 1. The van der Waals surface area contributed by atoms with Crippen molar-refractivity contribution in [1.82, 2.24) is 19.6 Å². The third kappa shape index (κ3) is 4.30. The number of carbonyl (C=O) groups is 1. The van der Waals surface area contributed by atoms with Crippen LogP contribution >= 0.6 is 11.3 Å². The van der Waals surface area contributed by atoms with E-state index in [1.165, 1.54) is 11.3 Å². The fourth-order valence-electron chi connectivity index (χ4n) is 4.07. The van der Waals surface area contributed by atoms with E-state index in [1.807, 2.05) is 36.6 Å². The molecule has 2 N–H and O–H groups in total. The zero-order valence-electron chi connectivity index (χ0n) is 18.1. The molecule has 1 aromatic carbocycles. The second kappa shape index (κ2) is 8.64. The first-order valence-corrected chi connectivity index (χ1v) is 11.5. The number of carbonyl (C=O) groups excluding carboxylic acids is 1.